The van der Waals surface area contributed by atoms with Crippen molar-refractivity contribution in [2.75, 3.05) is 5.73 Å². The van der Waals surface area contributed by atoms with Crippen LogP contribution in [0.3, 0.4) is 0 Å². The number of aromatic hydroxyl groups is 1. The highest BCUT2D eigenvalue weighted by atomic mass is 16.5. The van der Waals surface area contributed by atoms with Crippen LogP contribution in [0.1, 0.15) is 0 Å². The van der Waals surface area contributed by atoms with E-state index in [9.17, 15) is 5.11 Å². The summed E-state index contributed by atoms with van der Waals surface area (Å²) in [5.74, 6) is 1.30. The van der Waals surface area contributed by atoms with Crippen LogP contribution in [0, 0.1) is 6.07 Å². The van der Waals surface area contributed by atoms with Crippen LogP contribution in [0.2, 0.25) is 0 Å². The van der Waals surface area contributed by atoms with Crippen LogP contribution >= 0.6 is 0 Å². The lowest BCUT2D eigenvalue weighted by Gasteiger charge is -2.05. The molecule has 0 aromatic heterocycles. The topological polar surface area (TPSA) is 55.5 Å². The zero-order chi connectivity index (χ0) is 10.7. The molecule has 0 aliphatic carbocycles. The van der Waals surface area contributed by atoms with Crippen molar-refractivity contribution in [2.24, 2.45) is 0 Å². The first kappa shape index (κ1) is 9.40. The molecule has 2 aromatic rings. The van der Waals surface area contributed by atoms with Gasteiger partial charge in [0.15, 0.2) is 0 Å². The molecule has 0 spiro atoms. The number of anilines is 1. The maximum absolute atomic E-state index is 9.18. The van der Waals surface area contributed by atoms with E-state index in [0.29, 0.717) is 17.2 Å². The Kier molecular flexibility index (Phi) is 2.46. The number of nitrogen functional groups attached to an aromatic ring is 1. The van der Waals surface area contributed by atoms with Crippen molar-refractivity contribution < 1.29 is 9.84 Å². The van der Waals surface area contributed by atoms with Gasteiger partial charge in [0.25, 0.3) is 0 Å². The molecule has 15 heavy (non-hydrogen) atoms. The smallest absolute Gasteiger partial charge is 0.131 e. The summed E-state index contributed by atoms with van der Waals surface area (Å²) in [6.07, 6.45) is 0. The van der Waals surface area contributed by atoms with Crippen LogP contribution in [0.5, 0.6) is 17.2 Å². The molecule has 75 valence electrons. The van der Waals surface area contributed by atoms with Crippen LogP contribution < -0.4 is 10.5 Å². The van der Waals surface area contributed by atoms with E-state index in [2.05, 4.69) is 6.07 Å². The maximum atomic E-state index is 9.18. The van der Waals surface area contributed by atoms with Gasteiger partial charge in [0.1, 0.15) is 17.2 Å². The molecular formula is C12H10NO2. The molecule has 0 heterocycles. The quantitative estimate of drug-likeness (QED) is 0.732. The van der Waals surface area contributed by atoms with Crippen molar-refractivity contribution in [1.29, 1.82) is 0 Å². The molecule has 2 aromatic carbocycles. The van der Waals surface area contributed by atoms with Crippen LogP contribution in [0.4, 0.5) is 5.69 Å². The largest absolute Gasteiger partial charge is 0.507 e. The van der Waals surface area contributed by atoms with E-state index < -0.39 is 0 Å². The molecule has 0 atom stereocenters. The van der Waals surface area contributed by atoms with Crippen molar-refractivity contribution in [3.63, 3.8) is 0 Å². The molecule has 1 radical (unpaired) electrons. The third-order valence-corrected chi connectivity index (χ3v) is 1.87. The van der Waals surface area contributed by atoms with Gasteiger partial charge in [0.05, 0.1) is 0 Å². The van der Waals surface area contributed by atoms with Crippen molar-refractivity contribution in [2.45, 2.75) is 0 Å². The summed E-state index contributed by atoms with van der Waals surface area (Å²) in [7, 11) is 0. The fourth-order valence-electron chi connectivity index (χ4n) is 1.17. The van der Waals surface area contributed by atoms with Gasteiger partial charge in [-0.25, -0.2) is 0 Å². The molecule has 0 aliphatic rings. The second-order valence-electron chi connectivity index (χ2n) is 3.08. The van der Waals surface area contributed by atoms with E-state index in [-0.39, 0.29) is 5.75 Å². The van der Waals surface area contributed by atoms with Gasteiger partial charge >= 0.3 is 0 Å². The molecule has 3 nitrogen and oxygen atoms in total. The summed E-state index contributed by atoms with van der Waals surface area (Å²) in [6.45, 7) is 0. The lowest BCUT2D eigenvalue weighted by atomic mass is 10.3. The number of ether oxygens (including phenoxy) is 1. The van der Waals surface area contributed by atoms with Gasteiger partial charge in [-0.2, -0.15) is 0 Å². The van der Waals surface area contributed by atoms with Gasteiger partial charge in [0.2, 0.25) is 0 Å². The predicted molar refractivity (Wildman–Crippen MR) is 57.9 cm³/mol. The van der Waals surface area contributed by atoms with Gasteiger partial charge in [-0.3, -0.25) is 0 Å². The van der Waals surface area contributed by atoms with E-state index >= 15 is 0 Å². The van der Waals surface area contributed by atoms with Gasteiger partial charge in [-0.05, 0) is 36.4 Å². The van der Waals surface area contributed by atoms with E-state index in [4.69, 9.17) is 10.5 Å². The molecule has 0 aliphatic heterocycles. The standard InChI is InChI=1S/C12H10NO2/c13-9-4-6-11(7-5-9)15-12-3-1-2-10(14)8-12/h1,3-8,14H,13H2. The minimum Gasteiger partial charge on any atom is -0.507 e. The van der Waals surface area contributed by atoms with Crippen molar-refractivity contribution in [3.8, 4) is 17.2 Å². The average molecular weight is 200 g/mol. The summed E-state index contributed by atoms with van der Waals surface area (Å²) in [6, 6.07) is 14.5. The molecule has 3 heteroatoms. The normalized spacial score (nSPS) is 9.87. The number of hydrogen-bond donors (Lipinski definition) is 2. The monoisotopic (exact) mass is 200 g/mol. The van der Waals surface area contributed by atoms with E-state index in [1.807, 2.05) is 0 Å². The first-order valence-corrected chi connectivity index (χ1v) is 4.48. The fraction of sp³-hybridized carbons (Fsp3) is 0. The zero-order valence-electron chi connectivity index (χ0n) is 7.97. The second kappa shape index (κ2) is 3.92. The van der Waals surface area contributed by atoms with Gasteiger partial charge in [-0.15, -0.1) is 0 Å². The number of benzene rings is 2. The second-order valence-corrected chi connectivity index (χ2v) is 3.08. The van der Waals surface area contributed by atoms with Crippen LogP contribution in [0.15, 0.2) is 42.5 Å². The molecule has 2 rings (SSSR count). The van der Waals surface area contributed by atoms with Gasteiger partial charge in [0, 0.05) is 17.8 Å². The molecule has 0 fully saturated rings. The highest BCUT2D eigenvalue weighted by Gasteiger charge is 1.97. The first-order valence-electron chi connectivity index (χ1n) is 4.48. The zero-order valence-corrected chi connectivity index (χ0v) is 7.97. The Labute approximate surface area is 87.7 Å². The summed E-state index contributed by atoms with van der Waals surface area (Å²) >= 11 is 0. The summed E-state index contributed by atoms with van der Waals surface area (Å²) < 4.78 is 5.48. The molecule has 0 saturated heterocycles. The SMILES string of the molecule is Nc1ccc(Oc2cc[c]c(O)c2)cc1. The van der Waals surface area contributed by atoms with Crippen molar-refractivity contribution in [1.82, 2.24) is 0 Å². The van der Waals surface area contributed by atoms with Gasteiger partial charge in [-0.1, -0.05) is 0 Å². The van der Waals surface area contributed by atoms with Crippen molar-refractivity contribution >= 4 is 5.69 Å². The molecule has 0 saturated carbocycles. The number of nitrogens with two attached hydrogens (primary N) is 1. The minimum atomic E-state index is 0.0583. The van der Waals surface area contributed by atoms with Crippen LogP contribution in [-0.2, 0) is 0 Å². The Balaban J connectivity index is 2.18. The number of phenols is 1. The molecule has 3 N–H and O–H groups in total. The number of hydrogen-bond acceptors (Lipinski definition) is 3. The van der Waals surface area contributed by atoms with E-state index in [1.54, 1.807) is 36.4 Å². The van der Waals surface area contributed by atoms with E-state index in [0.717, 1.165) is 0 Å². The van der Waals surface area contributed by atoms with E-state index in [1.165, 1.54) is 6.07 Å². The van der Waals surface area contributed by atoms with Crippen LogP contribution in [0.25, 0.3) is 0 Å². The third-order valence-electron chi connectivity index (χ3n) is 1.87. The van der Waals surface area contributed by atoms with Crippen molar-refractivity contribution in [3.05, 3.63) is 48.5 Å². The molecular weight excluding hydrogens is 190 g/mol. The Hall–Kier alpha value is -2.16. The Morgan fingerprint density at radius 1 is 1.07 bits per heavy atom. The molecule has 0 unspecified atom stereocenters. The highest BCUT2D eigenvalue weighted by Crippen LogP contribution is 2.24. The lowest BCUT2D eigenvalue weighted by molar-refractivity contribution is 0.454. The maximum Gasteiger partial charge on any atom is 0.131 e. The number of rotatable bonds is 2. The van der Waals surface area contributed by atoms with Crippen LogP contribution in [-0.4, -0.2) is 5.11 Å². The average Bonchev–Trinajstić information content (AvgIpc) is 2.22. The predicted octanol–water partition coefficient (Wildman–Crippen LogP) is 2.57. The Morgan fingerprint density at radius 2 is 1.80 bits per heavy atom. The third kappa shape index (κ3) is 2.40. The summed E-state index contributed by atoms with van der Waals surface area (Å²) in [5, 5.41) is 9.18. The Morgan fingerprint density at radius 3 is 2.47 bits per heavy atom. The first-order chi connectivity index (χ1) is 7.24. The molecule has 0 bridgehead atoms. The fourth-order valence-corrected chi connectivity index (χ4v) is 1.17. The summed E-state index contributed by atoms with van der Waals surface area (Å²) in [4.78, 5) is 0. The Bertz CT molecular complexity index is 451. The lowest BCUT2D eigenvalue weighted by Crippen LogP contribution is -1.86. The molecule has 0 amide bonds. The minimum absolute atomic E-state index is 0.0583. The van der Waals surface area contributed by atoms with Gasteiger partial charge < -0.3 is 15.6 Å². The summed E-state index contributed by atoms with van der Waals surface area (Å²) in [5.41, 5.74) is 6.23. The highest BCUT2D eigenvalue weighted by molar-refractivity contribution is 5.43. The number of phenolic OH excluding ortho intramolecular Hbond substituents is 1.